The highest BCUT2D eigenvalue weighted by atomic mass is 32.2. The number of hydrogen-bond acceptors (Lipinski definition) is 7. The second-order valence-electron chi connectivity index (χ2n) is 8.44. The molecule has 2 aliphatic rings. The molecule has 7 nitrogen and oxygen atoms in total. The highest BCUT2D eigenvalue weighted by Gasteiger charge is 2.26. The van der Waals surface area contributed by atoms with Crippen molar-refractivity contribution >= 4 is 26.5 Å². The van der Waals surface area contributed by atoms with Gasteiger partial charge in [-0.2, -0.15) is 0 Å². The Labute approximate surface area is 196 Å². The first-order valence-electron chi connectivity index (χ1n) is 11.1. The first-order valence-corrected chi connectivity index (χ1v) is 13.4. The fourth-order valence-corrected chi connectivity index (χ4v) is 6.62. The maximum atomic E-state index is 13.8. The van der Waals surface area contributed by atoms with Crippen LogP contribution in [0.25, 0.3) is 11.3 Å². The van der Waals surface area contributed by atoms with E-state index in [1.54, 1.807) is 35.7 Å². The lowest BCUT2D eigenvalue weighted by atomic mass is 9.86. The van der Waals surface area contributed by atoms with Gasteiger partial charge in [0.15, 0.2) is 5.13 Å². The molecule has 0 bridgehead atoms. The fraction of sp³-hybridized carbons (Fsp3) is 0.391. The number of aromatic nitrogens is 2. The number of fused-ring (bicyclic) bond motifs is 3. The van der Waals surface area contributed by atoms with Gasteiger partial charge in [-0.15, -0.1) is 11.3 Å². The van der Waals surface area contributed by atoms with Crippen LogP contribution in [0.1, 0.15) is 30.6 Å². The van der Waals surface area contributed by atoms with Gasteiger partial charge in [0.25, 0.3) is 0 Å². The number of sulfonamides is 1. The van der Waals surface area contributed by atoms with E-state index in [0.717, 1.165) is 54.4 Å². The number of nitrogens with one attached hydrogen (secondary N) is 2. The summed E-state index contributed by atoms with van der Waals surface area (Å²) >= 11 is 1.59. The second-order valence-corrected chi connectivity index (χ2v) is 11.2. The lowest BCUT2D eigenvalue weighted by Gasteiger charge is -2.29. The van der Waals surface area contributed by atoms with E-state index < -0.39 is 10.0 Å². The molecule has 1 fully saturated rings. The highest BCUT2D eigenvalue weighted by Crippen LogP contribution is 2.39. The molecule has 174 valence electrons. The summed E-state index contributed by atoms with van der Waals surface area (Å²) in [6.45, 7) is 1.33. The molecule has 0 amide bonds. The monoisotopic (exact) mass is 488 g/mol. The normalized spacial score (nSPS) is 20.3. The average molecular weight is 489 g/mol. The Hall–Kier alpha value is -2.56. The molecule has 5 rings (SSSR count). The van der Waals surface area contributed by atoms with E-state index in [1.165, 1.54) is 18.3 Å². The molecule has 10 heteroatoms. The van der Waals surface area contributed by atoms with Crippen LogP contribution in [0.15, 0.2) is 47.6 Å². The third kappa shape index (κ3) is 5.02. The van der Waals surface area contributed by atoms with Crippen molar-refractivity contribution in [1.82, 2.24) is 14.7 Å². The quantitative estimate of drug-likeness (QED) is 0.540. The number of hydrogen-bond donors (Lipinski definition) is 2. The van der Waals surface area contributed by atoms with Crippen molar-refractivity contribution in [2.24, 2.45) is 5.92 Å². The van der Waals surface area contributed by atoms with Crippen LogP contribution in [0.2, 0.25) is 0 Å². The molecular formula is C23H25FN4O3S2. The molecule has 0 radical (unpaired) electrons. The van der Waals surface area contributed by atoms with E-state index in [4.69, 9.17) is 9.72 Å². The van der Waals surface area contributed by atoms with Gasteiger partial charge >= 0.3 is 0 Å². The number of halogens is 1. The molecule has 1 aliphatic carbocycles. The number of ether oxygens (including phenoxy) is 1. The Bertz CT molecular complexity index is 1230. The van der Waals surface area contributed by atoms with E-state index in [2.05, 4.69) is 15.0 Å². The molecule has 0 unspecified atom stereocenters. The van der Waals surface area contributed by atoms with E-state index >= 15 is 0 Å². The van der Waals surface area contributed by atoms with Crippen LogP contribution in [0.5, 0.6) is 5.75 Å². The summed E-state index contributed by atoms with van der Waals surface area (Å²) in [7, 11) is -3.54. The summed E-state index contributed by atoms with van der Waals surface area (Å²) in [5.41, 5.74) is 1.50. The van der Waals surface area contributed by atoms with Crippen molar-refractivity contribution in [3.63, 3.8) is 0 Å². The smallest absolute Gasteiger partial charge is 0.242 e. The molecule has 1 aliphatic heterocycles. The molecule has 3 heterocycles. The molecule has 3 aromatic rings. The van der Waals surface area contributed by atoms with Crippen LogP contribution in [-0.4, -0.2) is 37.6 Å². The third-order valence-electron chi connectivity index (χ3n) is 6.14. The minimum Gasteiger partial charge on any atom is -0.493 e. The van der Waals surface area contributed by atoms with E-state index in [1.807, 2.05) is 0 Å². The summed E-state index contributed by atoms with van der Waals surface area (Å²) in [6.07, 6.45) is 7.12. The van der Waals surface area contributed by atoms with Gasteiger partial charge in [0.05, 0.1) is 12.3 Å². The summed E-state index contributed by atoms with van der Waals surface area (Å²) in [5, 5.41) is 4.28. The van der Waals surface area contributed by atoms with Crippen molar-refractivity contribution in [2.75, 3.05) is 18.5 Å². The van der Waals surface area contributed by atoms with Crippen LogP contribution in [0.3, 0.4) is 0 Å². The summed E-state index contributed by atoms with van der Waals surface area (Å²) in [5.74, 6) is 0.809. The predicted molar refractivity (Wildman–Crippen MR) is 126 cm³/mol. The van der Waals surface area contributed by atoms with Crippen LogP contribution in [-0.2, 0) is 16.4 Å². The van der Waals surface area contributed by atoms with Crippen molar-refractivity contribution in [1.29, 1.82) is 0 Å². The Kier molecular flexibility index (Phi) is 6.31. The number of pyridine rings is 1. The van der Waals surface area contributed by atoms with Crippen LogP contribution in [0.4, 0.5) is 9.52 Å². The lowest BCUT2D eigenvalue weighted by molar-refractivity contribution is 0.324. The number of rotatable bonds is 6. The molecule has 1 saturated carbocycles. The van der Waals surface area contributed by atoms with Gasteiger partial charge in [-0.05, 0) is 61.9 Å². The average Bonchev–Trinajstić information content (AvgIpc) is 3.15. The minimum absolute atomic E-state index is 0.0613. The fourth-order valence-electron chi connectivity index (χ4n) is 4.38. The summed E-state index contributed by atoms with van der Waals surface area (Å²) in [6, 6.07) is 7.66. The summed E-state index contributed by atoms with van der Waals surface area (Å²) < 4.78 is 47.4. The SMILES string of the molecule is O=S(=O)(NC1CCC(CNc2nc3c(s2)CCOc2ccc(F)cc2-3)CC1)c1cccnc1. The van der Waals surface area contributed by atoms with E-state index in [9.17, 15) is 12.8 Å². The lowest BCUT2D eigenvalue weighted by Crippen LogP contribution is -2.38. The molecule has 33 heavy (non-hydrogen) atoms. The largest absolute Gasteiger partial charge is 0.493 e. The standard InChI is InChI=1S/C23H25FN4O3S2/c24-16-5-8-20-19(12-16)22-21(9-11-31-20)32-23(27-22)26-13-15-3-6-17(7-4-15)28-33(29,30)18-2-1-10-25-14-18/h1-2,5,8,10,12,14-15,17,28H,3-4,6-7,9,11,13H2,(H,26,27). The Morgan fingerprint density at radius 2 is 2.03 bits per heavy atom. The Morgan fingerprint density at radius 1 is 1.18 bits per heavy atom. The van der Waals surface area contributed by atoms with Crippen molar-refractivity contribution < 1.29 is 17.5 Å². The van der Waals surface area contributed by atoms with E-state index in [-0.39, 0.29) is 16.8 Å². The number of anilines is 1. The van der Waals surface area contributed by atoms with Gasteiger partial charge in [-0.1, -0.05) is 0 Å². The van der Waals surface area contributed by atoms with Gasteiger partial charge in [-0.3, -0.25) is 4.98 Å². The predicted octanol–water partition coefficient (Wildman–Crippen LogP) is 4.23. The van der Waals surface area contributed by atoms with Crippen molar-refractivity contribution in [3.8, 4) is 17.0 Å². The van der Waals surface area contributed by atoms with Gasteiger partial charge in [0.2, 0.25) is 10.0 Å². The molecule has 0 atom stereocenters. The number of benzene rings is 1. The zero-order valence-corrected chi connectivity index (χ0v) is 19.6. The molecule has 2 N–H and O–H groups in total. The first kappa shape index (κ1) is 22.2. The zero-order valence-electron chi connectivity index (χ0n) is 18.0. The summed E-state index contributed by atoms with van der Waals surface area (Å²) in [4.78, 5) is 9.93. The van der Waals surface area contributed by atoms with Crippen molar-refractivity contribution in [3.05, 3.63) is 53.4 Å². The number of nitrogens with zero attached hydrogens (tertiary/aromatic N) is 2. The Morgan fingerprint density at radius 3 is 2.82 bits per heavy atom. The third-order valence-corrected chi connectivity index (χ3v) is 8.71. The molecular weight excluding hydrogens is 463 g/mol. The van der Waals surface area contributed by atoms with Crippen LogP contribution in [0, 0.1) is 11.7 Å². The van der Waals surface area contributed by atoms with Gasteiger partial charge in [-0.25, -0.2) is 22.5 Å². The topological polar surface area (TPSA) is 93.2 Å². The van der Waals surface area contributed by atoms with Crippen LogP contribution >= 0.6 is 11.3 Å². The zero-order chi connectivity index (χ0) is 22.8. The van der Waals surface area contributed by atoms with E-state index in [0.29, 0.717) is 23.8 Å². The second kappa shape index (κ2) is 9.36. The number of thiazole rings is 1. The van der Waals surface area contributed by atoms with Crippen molar-refractivity contribution in [2.45, 2.75) is 43.0 Å². The molecule has 1 aromatic carbocycles. The maximum absolute atomic E-state index is 13.8. The molecule has 2 aromatic heterocycles. The Balaban J connectivity index is 1.17. The first-order chi connectivity index (χ1) is 16.0. The molecule has 0 spiro atoms. The molecule has 0 saturated heterocycles. The van der Waals surface area contributed by atoms with Gasteiger partial charge < -0.3 is 10.1 Å². The highest BCUT2D eigenvalue weighted by molar-refractivity contribution is 7.89. The maximum Gasteiger partial charge on any atom is 0.242 e. The van der Waals surface area contributed by atoms with Crippen LogP contribution < -0.4 is 14.8 Å². The van der Waals surface area contributed by atoms with Gasteiger partial charge in [0, 0.05) is 41.8 Å². The van der Waals surface area contributed by atoms with Gasteiger partial charge in [0.1, 0.15) is 16.5 Å². The minimum atomic E-state index is -3.54.